The van der Waals surface area contributed by atoms with Crippen molar-refractivity contribution in [2.45, 2.75) is 12.5 Å². The number of benzene rings is 2. The summed E-state index contributed by atoms with van der Waals surface area (Å²) >= 11 is 5.75. The molecule has 1 unspecified atom stereocenters. The van der Waals surface area contributed by atoms with Crippen LogP contribution in [-0.4, -0.2) is 5.88 Å². The van der Waals surface area contributed by atoms with Gasteiger partial charge in [-0.05, 0) is 42.0 Å². The molecule has 0 heterocycles. The summed E-state index contributed by atoms with van der Waals surface area (Å²) in [6.45, 7) is 0. The number of hydrogen-bond donors (Lipinski definition) is 0. The molecule has 2 aromatic rings. The molecule has 0 radical (unpaired) electrons. The first kappa shape index (κ1) is 13.8. The number of alkyl halides is 1. The van der Waals surface area contributed by atoms with Crippen molar-refractivity contribution in [1.82, 2.24) is 0 Å². The lowest BCUT2D eigenvalue weighted by molar-refractivity contribution is 0.202. The normalized spacial score (nSPS) is 12.2. The monoisotopic (exact) mass is 282 g/mol. The Morgan fingerprint density at radius 3 is 1.95 bits per heavy atom. The van der Waals surface area contributed by atoms with Gasteiger partial charge in [0.05, 0.1) is 0 Å². The molecule has 2 aromatic carbocycles. The molecule has 0 aliphatic heterocycles. The minimum Gasteiger partial charge on any atom is -0.486 e. The van der Waals surface area contributed by atoms with Gasteiger partial charge in [0.1, 0.15) is 23.5 Å². The zero-order valence-corrected chi connectivity index (χ0v) is 10.9. The van der Waals surface area contributed by atoms with Crippen LogP contribution < -0.4 is 4.74 Å². The molecule has 2 rings (SSSR count). The molecule has 1 nitrogen and oxygen atoms in total. The van der Waals surface area contributed by atoms with Crippen LogP contribution in [-0.2, 0) is 0 Å². The second-order valence-corrected chi connectivity index (χ2v) is 4.47. The molecule has 1 atom stereocenters. The zero-order chi connectivity index (χ0) is 13.7. The van der Waals surface area contributed by atoms with Gasteiger partial charge >= 0.3 is 0 Å². The molecule has 0 aromatic heterocycles. The van der Waals surface area contributed by atoms with Crippen molar-refractivity contribution in [3.05, 3.63) is 65.7 Å². The molecular formula is C15H13ClF2O. The van der Waals surface area contributed by atoms with E-state index in [-0.39, 0.29) is 17.7 Å². The summed E-state index contributed by atoms with van der Waals surface area (Å²) in [7, 11) is 0. The van der Waals surface area contributed by atoms with Gasteiger partial charge in [-0.2, -0.15) is 0 Å². The molecule has 0 aliphatic rings. The van der Waals surface area contributed by atoms with Gasteiger partial charge in [0, 0.05) is 12.3 Å². The molecule has 0 N–H and O–H groups in total. The van der Waals surface area contributed by atoms with E-state index < -0.39 is 0 Å². The van der Waals surface area contributed by atoms with Crippen LogP contribution in [0.2, 0.25) is 0 Å². The predicted molar refractivity (Wildman–Crippen MR) is 71.5 cm³/mol. The topological polar surface area (TPSA) is 9.23 Å². The highest BCUT2D eigenvalue weighted by molar-refractivity contribution is 6.17. The maximum absolute atomic E-state index is 12.9. The Labute approximate surface area is 115 Å². The average Bonchev–Trinajstić information content (AvgIpc) is 2.42. The summed E-state index contributed by atoms with van der Waals surface area (Å²) < 4.78 is 31.5. The number of hydrogen-bond acceptors (Lipinski definition) is 1. The Morgan fingerprint density at radius 1 is 0.895 bits per heavy atom. The van der Waals surface area contributed by atoms with Crippen molar-refractivity contribution in [1.29, 1.82) is 0 Å². The average molecular weight is 283 g/mol. The number of halogens is 3. The van der Waals surface area contributed by atoms with Crippen LogP contribution in [0.1, 0.15) is 18.1 Å². The van der Waals surface area contributed by atoms with E-state index in [1.165, 1.54) is 24.3 Å². The molecule has 0 amide bonds. The van der Waals surface area contributed by atoms with E-state index in [0.29, 0.717) is 18.1 Å². The van der Waals surface area contributed by atoms with Gasteiger partial charge in [-0.25, -0.2) is 8.78 Å². The van der Waals surface area contributed by atoms with Gasteiger partial charge in [-0.15, -0.1) is 11.6 Å². The fourth-order valence-corrected chi connectivity index (χ4v) is 1.95. The Balaban J connectivity index is 2.15. The highest BCUT2D eigenvalue weighted by atomic mass is 35.5. The van der Waals surface area contributed by atoms with Crippen molar-refractivity contribution in [2.75, 3.05) is 5.88 Å². The lowest BCUT2D eigenvalue weighted by Gasteiger charge is -2.18. The molecule has 100 valence electrons. The standard InChI is InChI=1S/C15H13ClF2O/c16-10-9-15(11-1-3-12(17)4-2-11)19-14-7-5-13(18)6-8-14/h1-8,15H,9-10H2. The maximum Gasteiger partial charge on any atom is 0.125 e. The van der Waals surface area contributed by atoms with Crippen molar-refractivity contribution in [2.24, 2.45) is 0 Å². The lowest BCUT2D eigenvalue weighted by Crippen LogP contribution is -2.08. The molecule has 0 aliphatic carbocycles. The maximum atomic E-state index is 12.9. The van der Waals surface area contributed by atoms with Crippen LogP contribution in [0.5, 0.6) is 5.75 Å². The van der Waals surface area contributed by atoms with Crippen molar-refractivity contribution in [3.63, 3.8) is 0 Å². The molecule has 0 saturated carbocycles. The molecule has 0 spiro atoms. The Kier molecular flexibility index (Phi) is 4.74. The Morgan fingerprint density at radius 2 is 1.42 bits per heavy atom. The van der Waals surface area contributed by atoms with E-state index in [2.05, 4.69) is 0 Å². The van der Waals surface area contributed by atoms with Crippen LogP contribution in [0.4, 0.5) is 8.78 Å². The molecule has 19 heavy (non-hydrogen) atoms. The minimum absolute atomic E-state index is 0.274. The summed E-state index contributed by atoms with van der Waals surface area (Å²) in [4.78, 5) is 0. The van der Waals surface area contributed by atoms with Crippen LogP contribution in [0.25, 0.3) is 0 Å². The third-order valence-electron chi connectivity index (χ3n) is 2.71. The number of rotatable bonds is 5. The fraction of sp³-hybridized carbons (Fsp3) is 0.200. The quantitative estimate of drug-likeness (QED) is 0.722. The van der Waals surface area contributed by atoms with E-state index in [4.69, 9.17) is 16.3 Å². The van der Waals surface area contributed by atoms with Crippen LogP contribution in [0.15, 0.2) is 48.5 Å². The minimum atomic E-state index is -0.317. The first-order chi connectivity index (χ1) is 9.19. The molecular weight excluding hydrogens is 270 g/mol. The van der Waals surface area contributed by atoms with E-state index in [0.717, 1.165) is 5.56 Å². The second-order valence-electron chi connectivity index (χ2n) is 4.09. The molecule has 0 saturated heterocycles. The summed E-state index contributed by atoms with van der Waals surface area (Å²) in [6, 6.07) is 11.9. The van der Waals surface area contributed by atoms with E-state index in [1.54, 1.807) is 24.3 Å². The summed E-state index contributed by atoms with van der Waals surface area (Å²) in [5.74, 6) is 0.363. The van der Waals surface area contributed by atoms with Crippen LogP contribution in [0.3, 0.4) is 0 Å². The SMILES string of the molecule is Fc1ccc(OC(CCCl)c2ccc(F)cc2)cc1. The van der Waals surface area contributed by atoms with Gasteiger partial charge < -0.3 is 4.74 Å². The predicted octanol–water partition coefficient (Wildman–Crippen LogP) is 4.71. The van der Waals surface area contributed by atoms with E-state index >= 15 is 0 Å². The Hall–Kier alpha value is -1.61. The summed E-state index contributed by atoms with van der Waals surface area (Å²) in [6.07, 6.45) is 0.313. The van der Waals surface area contributed by atoms with Gasteiger partial charge in [-0.3, -0.25) is 0 Å². The first-order valence-corrected chi connectivity index (χ1v) is 6.46. The van der Waals surface area contributed by atoms with Gasteiger partial charge in [-0.1, -0.05) is 12.1 Å². The van der Waals surface area contributed by atoms with Crippen LogP contribution >= 0.6 is 11.6 Å². The Bertz CT molecular complexity index is 511. The van der Waals surface area contributed by atoms with Crippen molar-refractivity contribution < 1.29 is 13.5 Å². The highest BCUT2D eigenvalue weighted by Gasteiger charge is 2.13. The van der Waals surface area contributed by atoms with Crippen molar-refractivity contribution in [3.8, 4) is 5.75 Å². The van der Waals surface area contributed by atoms with Crippen molar-refractivity contribution >= 4 is 11.6 Å². The first-order valence-electron chi connectivity index (χ1n) is 5.92. The largest absolute Gasteiger partial charge is 0.486 e. The molecule has 4 heteroatoms. The van der Waals surface area contributed by atoms with Gasteiger partial charge in [0.25, 0.3) is 0 Å². The number of ether oxygens (including phenoxy) is 1. The van der Waals surface area contributed by atoms with Gasteiger partial charge in [0.15, 0.2) is 0 Å². The highest BCUT2D eigenvalue weighted by Crippen LogP contribution is 2.25. The van der Waals surface area contributed by atoms with Crippen LogP contribution in [0, 0.1) is 11.6 Å². The molecule has 0 bridgehead atoms. The summed E-state index contributed by atoms with van der Waals surface area (Å²) in [5.41, 5.74) is 0.839. The van der Waals surface area contributed by atoms with E-state index in [1.807, 2.05) is 0 Å². The second kappa shape index (κ2) is 6.53. The van der Waals surface area contributed by atoms with Gasteiger partial charge in [0.2, 0.25) is 0 Å². The molecule has 0 fully saturated rings. The zero-order valence-electron chi connectivity index (χ0n) is 10.2. The lowest BCUT2D eigenvalue weighted by atomic mass is 10.1. The fourth-order valence-electron chi connectivity index (χ4n) is 1.75. The third kappa shape index (κ3) is 3.93. The smallest absolute Gasteiger partial charge is 0.125 e. The van der Waals surface area contributed by atoms with E-state index in [9.17, 15) is 8.78 Å². The summed E-state index contributed by atoms with van der Waals surface area (Å²) in [5, 5.41) is 0. The third-order valence-corrected chi connectivity index (χ3v) is 2.92.